The van der Waals surface area contributed by atoms with Crippen LogP contribution < -0.4 is 14.2 Å². The smallest absolute Gasteiger partial charge is 0.330 e. The average Bonchev–Trinajstić information content (AvgIpc) is 2.44. The molecule has 0 atom stereocenters. The molecule has 5 nitrogen and oxygen atoms in total. The van der Waals surface area contributed by atoms with Crippen LogP contribution in [0.3, 0.4) is 0 Å². The Morgan fingerprint density at radius 1 is 1.05 bits per heavy atom. The molecule has 0 aromatic heterocycles. The van der Waals surface area contributed by atoms with E-state index in [9.17, 15) is 4.79 Å². The number of ether oxygens (including phenoxy) is 4. The molecule has 1 rings (SSSR count). The molecule has 0 aliphatic carbocycles. The standard InChI is InChI=1S/C14H18O5/c1-5-19-14(15)7-6-10-8-12(17-3)13(18-4)9-11(10)16-2/h6-9H,5H2,1-4H3/b7-6+. The highest BCUT2D eigenvalue weighted by Crippen LogP contribution is 2.35. The summed E-state index contributed by atoms with van der Waals surface area (Å²) in [4.78, 5) is 11.3. The lowest BCUT2D eigenvalue weighted by Crippen LogP contribution is -1.99. The molecule has 1 aromatic carbocycles. The molecule has 0 saturated carbocycles. The molecular weight excluding hydrogens is 248 g/mol. The van der Waals surface area contributed by atoms with E-state index in [1.807, 2.05) is 0 Å². The van der Waals surface area contributed by atoms with Crippen molar-refractivity contribution < 1.29 is 23.7 Å². The first-order valence-electron chi connectivity index (χ1n) is 5.81. The van der Waals surface area contributed by atoms with Crippen molar-refractivity contribution in [2.24, 2.45) is 0 Å². The van der Waals surface area contributed by atoms with Gasteiger partial charge in [-0.3, -0.25) is 0 Å². The van der Waals surface area contributed by atoms with E-state index in [1.54, 1.807) is 46.5 Å². The summed E-state index contributed by atoms with van der Waals surface area (Å²) in [7, 11) is 4.64. The van der Waals surface area contributed by atoms with Gasteiger partial charge in [0.1, 0.15) is 5.75 Å². The maximum absolute atomic E-state index is 11.3. The minimum Gasteiger partial charge on any atom is -0.496 e. The lowest BCUT2D eigenvalue weighted by atomic mass is 10.1. The Morgan fingerprint density at radius 3 is 2.16 bits per heavy atom. The van der Waals surface area contributed by atoms with E-state index in [0.717, 1.165) is 0 Å². The minimum absolute atomic E-state index is 0.340. The van der Waals surface area contributed by atoms with Crippen molar-refractivity contribution in [1.29, 1.82) is 0 Å². The number of carbonyl (C=O) groups excluding carboxylic acids is 1. The number of rotatable bonds is 6. The molecule has 0 aliphatic heterocycles. The van der Waals surface area contributed by atoms with Crippen LogP contribution in [0, 0.1) is 0 Å². The maximum Gasteiger partial charge on any atom is 0.330 e. The van der Waals surface area contributed by atoms with Crippen LogP contribution in [0.2, 0.25) is 0 Å². The predicted molar refractivity (Wildman–Crippen MR) is 71.8 cm³/mol. The zero-order valence-corrected chi connectivity index (χ0v) is 11.6. The molecule has 0 heterocycles. The molecule has 0 unspecified atom stereocenters. The fourth-order valence-electron chi connectivity index (χ4n) is 1.53. The van der Waals surface area contributed by atoms with Crippen molar-refractivity contribution in [3.05, 3.63) is 23.8 Å². The van der Waals surface area contributed by atoms with Gasteiger partial charge in [-0.15, -0.1) is 0 Å². The summed E-state index contributed by atoms with van der Waals surface area (Å²) in [5, 5.41) is 0. The zero-order chi connectivity index (χ0) is 14.3. The van der Waals surface area contributed by atoms with Gasteiger partial charge in [0.2, 0.25) is 0 Å². The summed E-state index contributed by atoms with van der Waals surface area (Å²) in [6.07, 6.45) is 2.95. The molecule has 0 radical (unpaired) electrons. The topological polar surface area (TPSA) is 54.0 Å². The SMILES string of the molecule is CCOC(=O)/C=C/c1cc(OC)c(OC)cc1OC. The molecule has 0 bridgehead atoms. The molecule has 0 spiro atoms. The molecule has 0 fully saturated rings. The first-order chi connectivity index (χ1) is 9.15. The van der Waals surface area contributed by atoms with Crippen LogP contribution in [0.15, 0.2) is 18.2 Å². The molecule has 0 saturated heterocycles. The van der Waals surface area contributed by atoms with Crippen LogP contribution in [0.25, 0.3) is 6.08 Å². The Hall–Kier alpha value is -2.17. The highest BCUT2D eigenvalue weighted by molar-refractivity contribution is 5.87. The Kier molecular flexibility index (Phi) is 5.73. The van der Waals surface area contributed by atoms with E-state index in [-0.39, 0.29) is 0 Å². The van der Waals surface area contributed by atoms with Crippen molar-refractivity contribution in [3.63, 3.8) is 0 Å². The number of benzene rings is 1. The van der Waals surface area contributed by atoms with Crippen molar-refractivity contribution in [1.82, 2.24) is 0 Å². The van der Waals surface area contributed by atoms with Gasteiger partial charge in [0.15, 0.2) is 11.5 Å². The van der Waals surface area contributed by atoms with Gasteiger partial charge in [0, 0.05) is 17.7 Å². The number of hydrogen-bond acceptors (Lipinski definition) is 5. The lowest BCUT2D eigenvalue weighted by molar-refractivity contribution is -0.137. The summed E-state index contributed by atoms with van der Waals surface area (Å²) in [6, 6.07) is 3.43. The second kappa shape index (κ2) is 7.31. The Morgan fingerprint density at radius 2 is 1.63 bits per heavy atom. The van der Waals surface area contributed by atoms with Gasteiger partial charge >= 0.3 is 5.97 Å². The van der Waals surface area contributed by atoms with Gasteiger partial charge in [0.25, 0.3) is 0 Å². The Balaban J connectivity index is 3.08. The maximum atomic E-state index is 11.3. The average molecular weight is 266 g/mol. The van der Waals surface area contributed by atoms with Gasteiger partial charge in [0.05, 0.1) is 27.9 Å². The van der Waals surface area contributed by atoms with Crippen LogP contribution in [0.1, 0.15) is 12.5 Å². The molecule has 1 aromatic rings. The molecule has 0 N–H and O–H groups in total. The van der Waals surface area contributed by atoms with Crippen LogP contribution >= 0.6 is 0 Å². The van der Waals surface area contributed by atoms with Crippen molar-refractivity contribution >= 4 is 12.0 Å². The highest BCUT2D eigenvalue weighted by atomic mass is 16.5. The van der Waals surface area contributed by atoms with E-state index in [2.05, 4.69) is 0 Å². The van der Waals surface area contributed by atoms with Crippen LogP contribution in [0.5, 0.6) is 17.2 Å². The highest BCUT2D eigenvalue weighted by Gasteiger charge is 2.10. The summed E-state index contributed by atoms with van der Waals surface area (Å²) in [5.74, 6) is 1.30. The van der Waals surface area contributed by atoms with Crippen molar-refractivity contribution in [3.8, 4) is 17.2 Å². The second-order valence-corrected chi connectivity index (χ2v) is 3.53. The van der Waals surface area contributed by atoms with E-state index in [4.69, 9.17) is 18.9 Å². The van der Waals surface area contributed by atoms with Gasteiger partial charge < -0.3 is 18.9 Å². The van der Waals surface area contributed by atoms with Crippen molar-refractivity contribution in [2.45, 2.75) is 6.92 Å². The minimum atomic E-state index is -0.403. The summed E-state index contributed by atoms with van der Waals surface area (Å²) >= 11 is 0. The van der Waals surface area contributed by atoms with Crippen LogP contribution in [0.4, 0.5) is 0 Å². The molecule has 0 aliphatic rings. The fourth-order valence-corrected chi connectivity index (χ4v) is 1.53. The third-order valence-electron chi connectivity index (χ3n) is 2.42. The molecular formula is C14H18O5. The van der Waals surface area contributed by atoms with Gasteiger partial charge in [-0.2, -0.15) is 0 Å². The number of esters is 1. The second-order valence-electron chi connectivity index (χ2n) is 3.53. The number of methoxy groups -OCH3 is 3. The summed E-state index contributed by atoms with van der Waals surface area (Å²) in [6.45, 7) is 2.09. The van der Waals surface area contributed by atoms with Gasteiger partial charge in [-0.25, -0.2) is 4.79 Å². The Bertz CT molecular complexity index is 465. The molecule has 19 heavy (non-hydrogen) atoms. The fraction of sp³-hybridized carbons (Fsp3) is 0.357. The summed E-state index contributed by atoms with van der Waals surface area (Å²) in [5.41, 5.74) is 0.702. The summed E-state index contributed by atoms with van der Waals surface area (Å²) < 4.78 is 20.4. The Labute approximate surface area is 112 Å². The van der Waals surface area contributed by atoms with E-state index in [1.165, 1.54) is 6.08 Å². The number of carbonyl (C=O) groups is 1. The van der Waals surface area contributed by atoms with Crippen molar-refractivity contribution in [2.75, 3.05) is 27.9 Å². The monoisotopic (exact) mass is 266 g/mol. The third kappa shape index (κ3) is 3.91. The van der Waals surface area contributed by atoms with Gasteiger partial charge in [-0.05, 0) is 19.1 Å². The predicted octanol–water partition coefficient (Wildman–Crippen LogP) is 2.29. The number of hydrogen-bond donors (Lipinski definition) is 0. The zero-order valence-electron chi connectivity index (χ0n) is 11.6. The van der Waals surface area contributed by atoms with Gasteiger partial charge in [-0.1, -0.05) is 0 Å². The van der Waals surface area contributed by atoms with E-state index >= 15 is 0 Å². The molecule has 104 valence electrons. The first-order valence-corrected chi connectivity index (χ1v) is 5.81. The lowest BCUT2D eigenvalue weighted by Gasteiger charge is -2.12. The largest absolute Gasteiger partial charge is 0.496 e. The van der Waals surface area contributed by atoms with E-state index < -0.39 is 5.97 Å². The van der Waals surface area contributed by atoms with Crippen LogP contribution in [-0.2, 0) is 9.53 Å². The molecule has 0 amide bonds. The third-order valence-corrected chi connectivity index (χ3v) is 2.42. The quantitative estimate of drug-likeness (QED) is 0.584. The van der Waals surface area contributed by atoms with E-state index in [0.29, 0.717) is 29.4 Å². The molecule has 5 heteroatoms. The first kappa shape index (κ1) is 14.9. The van der Waals surface area contributed by atoms with Crippen LogP contribution in [-0.4, -0.2) is 33.9 Å². The normalized spacial score (nSPS) is 10.3.